The number of benzene rings is 5. The zero-order chi connectivity index (χ0) is 52.2. The van der Waals surface area contributed by atoms with E-state index in [1.54, 1.807) is 30.3 Å². The largest absolute Gasteiger partial charge is 0.455 e. The van der Waals surface area contributed by atoms with Gasteiger partial charge in [0, 0.05) is 51.5 Å². The second-order valence-corrected chi connectivity index (χ2v) is 19.7. The van der Waals surface area contributed by atoms with Gasteiger partial charge in [-0.1, -0.05) is 152 Å². The molecule has 0 aliphatic heterocycles. The van der Waals surface area contributed by atoms with Crippen LogP contribution in [0.3, 0.4) is 0 Å². The molecule has 4 aromatic heterocycles. The summed E-state index contributed by atoms with van der Waals surface area (Å²) >= 11 is 0. The first kappa shape index (κ1) is 38.0. The summed E-state index contributed by atoms with van der Waals surface area (Å²) in [6.45, 7) is 17.4. The van der Waals surface area contributed by atoms with Crippen molar-refractivity contribution in [3.05, 3.63) is 208 Å². The predicted octanol–water partition coefficient (Wildman–Crippen LogP) is 15.7. The summed E-state index contributed by atoms with van der Waals surface area (Å²) in [5.74, 6) is 0.876. The van der Waals surface area contributed by atoms with Crippen molar-refractivity contribution in [2.24, 2.45) is 0 Å². The number of hydrogen-bond acceptors (Lipinski definition) is 5. The van der Waals surface area contributed by atoms with Crippen LogP contribution in [0.25, 0.3) is 55.7 Å². The van der Waals surface area contributed by atoms with E-state index in [-0.39, 0.29) is 28.8 Å². The fourth-order valence-electron chi connectivity index (χ4n) is 8.97. The minimum Gasteiger partial charge on any atom is -0.455 e. The van der Waals surface area contributed by atoms with Crippen LogP contribution in [0.15, 0.2) is 162 Å². The average Bonchev–Trinajstić information content (AvgIpc) is 3.75. The number of nitriles is 1. The third kappa shape index (κ3) is 9.86. The van der Waals surface area contributed by atoms with E-state index in [0.29, 0.717) is 57.9 Å². The Bertz CT molecular complexity index is 3390. The van der Waals surface area contributed by atoms with E-state index < -0.39 is 23.6 Å². The van der Waals surface area contributed by atoms with Crippen LogP contribution in [0.5, 0.6) is 0 Å². The molecule has 9 aromatic rings. The highest BCUT2D eigenvalue weighted by Gasteiger charge is 2.26. The summed E-state index contributed by atoms with van der Waals surface area (Å²) in [7, 11) is 0. The quantitative estimate of drug-likeness (QED) is 0.109. The van der Waals surface area contributed by atoms with Gasteiger partial charge in [-0.05, 0) is 135 Å². The number of furan rings is 1. The maximum absolute atomic E-state index is 9.71. The van der Waals surface area contributed by atoms with Crippen molar-refractivity contribution in [2.45, 2.75) is 104 Å². The van der Waals surface area contributed by atoms with Crippen LogP contribution in [0.2, 0.25) is 0 Å². The number of para-hydroxylation sites is 1. The van der Waals surface area contributed by atoms with Gasteiger partial charge >= 0.3 is 0 Å². The molecule has 0 bridgehead atoms. The van der Waals surface area contributed by atoms with E-state index in [1.165, 1.54) is 23.4 Å². The lowest BCUT2D eigenvalue weighted by molar-refractivity contribution is 0.512. The first-order valence-electron chi connectivity index (χ1n) is 26.2. The van der Waals surface area contributed by atoms with Crippen molar-refractivity contribution in [2.75, 3.05) is 0 Å². The summed E-state index contributed by atoms with van der Waals surface area (Å²) in [4.78, 5) is 14.5. The van der Waals surface area contributed by atoms with E-state index in [1.807, 2.05) is 30.6 Å². The molecular formula is C62H60N4O. The lowest BCUT2D eigenvalue weighted by atomic mass is 9.77. The SMILES string of the molecule is [2H]c1cc2oc3c(-c4ccc(C([2H])([2H])C([2H])([2H])c5cc(CC(C)(C)c6ccc(-c7ccc(C(C)C)cc7)nc6)cc(CC(C)(C)c6ccc(-c7ccc(C(C)C)cc7)nc6)c5)cn4)cccc3c2c([2H])c1C#N. The molecule has 5 heteroatoms. The smallest absolute Gasteiger partial charge is 0.144 e. The lowest BCUT2D eigenvalue weighted by Crippen LogP contribution is -2.23. The van der Waals surface area contributed by atoms with Gasteiger partial charge in [0.15, 0.2) is 0 Å². The van der Waals surface area contributed by atoms with E-state index in [2.05, 4.69) is 139 Å². The predicted molar refractivity (Wildman–Crippen MR) is 276 cm³/mol. The first-order chi connectivity index (χ1) is 34.6. The second-order valence-electron chi connectivity index (χ2n) is 19.7. The molecule has 0 radical (unpaired) electrons. The minimum absolute atomic E-state index is 0.0397. The van der Waals surface area contributed by atoms with Crippen LogP contribution in [-0.2, 0) is 36.4 Å². The molecule has 0 saturated heterocycles. The Kier molecular flexibility index (Phi) is 10.6. The molecule has 67 heavy (non-hydrogen) atoms. The molecular weight excluding hydrogens is 817 g/mol. The normalized spacial score (nSPS) is 13.8. The van der Waals surface area contributed by atoms with Gasteiger partial charge in [-0.15, -0.1) is 0 Å². The highest BCUT2D eigenvalue weighted by Crippen LogP contribution is 2.37. The molecule has 4 heterocycles. The number of rotatable bonds is 14. The van der Waals surface area contributed by atoms with Gasteiger partial charge in [0.2, 0.25) is 0 Å². The minimum atomic E-state index is -2.54. The molecule has 0 N–H and O–H groups in total. The van der Waals surface area contributed by atoms with Crippen molar-refractivity contribution in [3.63, 3.8) is 0 Å². The molecule has 5 nitrogen and oxygen atoms in total. The summed E-state index contributed by atoms with van der Waals surface area (Å²) in [6, 6.07) is 43.0. The topological polar surface area (TPSA) is 75.6 Å². The van der Waals surface area contributed by atoms with E-state index >= 15 is 0 Å². The second kappa shape index (κ2) is 18.6. The van der Waals surface area contributed by atoms with Crippen molar-refractivity contribution in [3.8, 4) is 39.8 Å². The van der Waals surface area contributed by atoms with E-state index in [0.717, 1.165) is 44.8 Å². The first-order valence-corrected chi connectivity index (χ1v) is 23.2. The maximum Gasteiger partial charge on any atom is 0.144 e. The molecule has 0 spiro atoms. The molecule has 0 saturated carbocycles. The number of pyridine rings is 3. The summed E-state index contributed by atoms with van der Waals surface area (Å²) in [6.07, 6.45) is 1.26. The van der Waals surface area contributed by atoms with Crippen LogP contribution in [0.1, 0.15) is 126 Å². The molecule has 0 aliphatic carbocycles. The summed E-state index contributed by atoms with van der Waals surface area (Å²) in [5, 5.41) is 10.7. The van der Waals surface area contributed by atoms with Gasteiger partial charge in [0.05, 0.1) is 31.5 Å². The number of aryl methyl sites for hydroxylation is 2. The Hall–Kier alpha value is -7.16. The number of fused-ring (bicyclic) bond motifs is 3. The highest BCUT2D eigenvalue weighted by atomic mass is 16.3. The van der Waals surface area contributed by atoms with E-state index in [4.69, 9.17) is 17.1 Å². The van der Waals surface area contributed by atoms with Gasteiger partial charge in [0.25, 0.3) is 0 Å². The van der Waals surface area contributed by atoms with Gasteiger partial charge in [-0.3, -0.25) is 15.0 Å². The van der Waals surface area contributed by atoms with Crippen LogP contribution in [0.4, 0.5) is 0 Å². The van der Waals surface area contributed by atoms with Crippen molar-refractivity contribution < 1.29 is 12.6 Å². The van der Waals surface area contributed by atoms with Crippen LogP contribution in [-0.4, -0.2) is 15.0 Å². The summed E-state index contributed by atoms with van der Waals surface area (Å²) in [5.41, 5.74) is 11.4. The zero-order valence-corrected chi connectivity index (χ0v) is 39.6. The molecule has 0 unspecified atom stereocenters. The van der Waals surface area contributed by atoms with Crippen molar-refractivity contribution >= 4 is 21.9 Å². The maximum atomic E-state index is 9.71. The highest BCUT2D eigenvalue weighted by molar-refractivity contribution is 6.09. The number of aromatic nitrogens is 3. The third-order valence-corrected chi connectivity index (χ3v) is 13.0. The Morgan fingerprint density at radius 2 is 1.10 bits per heavy atom. The zero-order valence-electron chi connectivity index (χ0n) is 45.6. The van der Waals surface area contributed by atoms with Gasteiger partial charge in [0.1, 0.15) is 11.2 Å². The van der Waals surface area contributed by atoms with E-state index in [9.17, 15) is 10.7 Å². The molecule has 0 aliphatic rings. The molecule has 0 amide bonds. The standard InChI is InChI=1S/C62H60N4O/c1-40(2)47-16-20-49(21-17-47)56-27-24-51(38-65-56)61(5,6)34-45-30-43(31-46(32-45)35-62(7,8)52-25-28-57(66-39-52)50-22-18-48(19-23-50)41(3)4)13-12-42-14-26-58(64-37-42)54-11-9-10-53-55-33-44(36-63)15-29-59(55)67-60(53)54/h9-11,14-33,37-41H,12-13,34-35H2,1-8H3/i12D2,13D2,15D,33D. The monoisotopic (exact) mass is 883 g/mol. The fraction of sp³-hybridized carbons (Fsp3) is 0.258. The van der Waals surface area contributed by atoms with Gasteiger partial charge in [-0.25, -0.2) is 0 Å². The summed E-state index contributed by atoms with van der Waals surface area (Å²) < 4.78 is 61.6. The Morgan fingerprint density at radius 1 is 0.582 bits per heavy atom. The van der Waals surface area contributed by atoms with Gasteiger partial charge in [-0.2, -0.15) is 5.26 Å². The molecule has 0 fully saturated rings. The Labute approximate surface area is 405 Å². The molecule has 334 valence electrons. The molecule has 5 aromatic carbocycles. The van der Waals surface area contributed by atoms with Crippen LogP contribution < -0.4 is 0 Å². The lowest BCUT2D eigenvalue weighted by Gasteiger charge is -2.28. The molecule has 0 atom stereocenters. The Morgan fingerprint density at radius 3 is 1.60 bits per heavy atom. The average molecular weight is 883 g/mol. The number of hydrogen-bond donors (Lipinski definition) is 0. The van der Waals surface area contributed by atoms with Crippen molar-refractivity contribution in [1.29, 1.82) is 5.26 Å². The number of nitrogens with zero attached hydrogens (tertiary/aromatic N) is 4. The van der Waals surface area contributed by atoms with Crippen molar-refractivity contribution in [1.82, 2.24) is 15.0 Å². The van der Waals surface area contributed by atoms with Gasteiger partial charge < -0.3 is 4.42 Å². The van der Waals surface area contributed by atoms with Crippen LogP contribution >= 0.6 is 0 Å². The third-order valence-electron chi connectivity index (χ3n) is 13.0. The van der Waals surface area contributed by atoms with Crippen LogP contribution in [0, 0.1) is 11.3 Å². The Balaban J connectivity index is 1.05. The fourth-order valence-corrected chi connectivity index (χ4v) is 8.97. The molecule has 9 rings (SSSR count).